The molecule has 4 rings (SSSR count). The van der Waals surface area contributed by atoms with Crippen LogP contribution in [0, 0.1) is 40.4 Å². The van der Waals surface area contributed by atoms with E-state index in [-0.39, 0.29) is 46.9 Å². The van der Waals surface area contributed by atoms with E-state index in [1.807, 2.05) is 0 Å². The molecule has 0 heterocycles. The Balaban J connectivity index is 1.65. The van der Waals surface area contributed by atoms with Crippen molar-refractivity contribution in [2.45, 2.75) is 58.8 Å². The summed E-state index contributed by atoms with van der Waals surface area (Å²) in [5.74, 6) is 0.669. The average molecular weight is 391 g/mol. The van der Waals surface area contributed by atoms with Gasteiger partial charge in [0.05, 0.1) is 12.3 Å². The van der Waals surface area contributed by atoms with Crippen molar-refractivity contribution in [2.75, 3.05) is 19.8 Å². The Morgan fingerprint density at radius 2 is 1.93 bits per heavy atom. The molecule has 6 heteroatoms. The molecule has 7 atom stereocenters. The molecule has 0 aliphatic heterocycles. The third kappa shape index (κ3) is 2.78. The molecule has 0 spiro atoms. The Morgan fingerprint density at radius 1 is 1.14 bits per heavy atom. The van der Waals surface area contributed by atoms with Gasteiger partial charge in [-0.3, -0.25) is 9.59 Å². The topological polar surface area (TPSA) is 102 Å². The van der Waals surface area contributed by atoms with Gasteiger partial charge in [0.25, 0.3) is 0 Å². The molecule has 0 bridgehead atoms. The number of carbonyl (C=O) groups excluding carboxylic acids is 2. The van der Waals surface area contributed by atoms with Gasteiger partial charge in [-0.05, 0) is 61.7 Å². The van der Waals surface area contributed by atoms with Crippen LogP contribution >= 0.6 is 0 Å². The van der Waals surface area contributed by atoms with E-state index in [4.69, 9.17) is 10.6 Å². The zero-order valence-electron chi connectivity index (χ0n) is 17.2. The number of aliphatic hydroxyl groups excluding tert-OH is 1. The Labute approximate surface area is 167 Å². The van der Waals surface area contributed by atoms with Crippen LogP contribution in [-0.2, 0) is 14.4 Å². The predicted octanol–water partition coefficient (Wildman–Crippen LogP) is 2.33. The Hall–Kier alpha value is -1.27. The van der Waals surface area contributed by atoms with Crippen LogP contribution in [0.5, 0.6) is 0 Å². The highest BCUT2D eigenvalue weighted by molar-refractivity contribution is 5.93. The van der Waals surface area contributed by atoms with Crippen molar-refractivity contribution < 1.29 is 19.5 Å². The van der Waals surface area contributed by atoms with Crippen LogP contribution in [0.3, 0.4) is 0 Å². The number of hydrogen-bond donors (Lipinski definition) is 2. The first-order valence-corrected chi connectivity index (χ1v) is 10.9. The van der Waals surface area contributed by atoms with E-state index in [1.165, 1.54) is 0 Å². The maximum absolute atomic E-state index is 13.6. The first kappa shape index (κ1) is 20.0. The van der Waals surface area contributed by atoms with Crippen molar-refractivity contribution in [3.8, 4) is 0 Å². The monoisotopic (exact) mass is 390 g/mol. The number of ketones is 2. The van der Waals surface area contributed by atoms with E-state index >= 15 is 0 Å². The van der Waals surface area contributed by atoms with Crippen LogP contribution < -0.4 is 5.73 Å². The Morgan fingerprint density at radius 3 is 2.64 bits per heavy atom. The van der Waals surface area contributed by atoms with Gasteiger partial charge in [-0.2, -0.15) is 0 Å². The van der Waals surface area contributed by atoms with Crippen molar-refractivity contribution in [3.63, 3.8) is 0 Å². The number of oxime groups is 1. The lowest BCUT2D eigenvalue weighted by atomic mass is 9.43. The number of Topliss-reactive ketones (excluding diaryl/α,β-unsaturated/α-hetero) is 2. The highest BCUT2D eigenvalue weighted by Crippen LogP contribution is 2.65. The first-order chi connectivity index (χ1) is 13.4. The highest BCUT2D eigenvalue weighted by atomic mass is 16.6. The number of hydrogen-bond acceptors (Lipinski definition) is 6. The van der Waals surface area contributed by atoms with Crippen LogP contribution in [0.25, 0.3) is 0 Å². The van der Waals surface area contributed by atoms with Crippen LogP contribution in [0.2, 0.25) is 0 Å². The summed E-state index contributed by atoms with van der Waals surface area (Å²) in [5.41, 5.74) is 6.13. The fraction of sp³-hybridized carbons (Fsp3) is 0.864. The van der Waals surface area contributed by atoms with Gasteiger partial charge in [0, 0.05) is 30.2 Å². The van der Waals surface area contributed by atoms with E-state index in [1.54, 1.807) is 0 Å². The smallest absolute Gasteiger partial charge is 0.142 e. The summed E-state index contributed by atoms with van der Waals surface area (Å²) in [4.78, 5) is 31.5. The van der Waals surface area contributed by atoms with Gasteiger partial charge >= 0.3 is 0 Å². The second-order valence-electron chi connectivity index (χ2n) is 9.94. The molecule has 3 N–H and O–H groups in total. The lowest BCUT2D eigenvalue weighted by Crippen LogP contribution is -2.61. The average Bonchev–Trinajstić information content (AvgIpc) is 2.98. The summed E-state index contributed by atoms with van der Waals surface area (Å²) < 4.78 is 0. The first-order valence-electron chi connectivity index (χ1n) is 10.9. The third-order valence-corrected chi connectivity index (χ3v) is 8.86. The molecule has 6 nitrogen and oxygen atoms in total. The third-order valence-electron chi connectivity index (χ3n) is 8.86. The van der Waals surface area contributed by atoms with Gasteiger partial charge in [0.15, 0.2) is 0 Å². The van der Waals surface area contributed by atoms with Crippen molar-refractivity contribution in [2.24, 2.45) is 51.3 Å². The Kier molecular flexibility index (Phi) is 5.15. The molecule has 4 saturated carbocycles. The van der Waals surface area contributed by atoms with Gasteiger partial charge in [0.1, 0.15) is 18.2 Å². The molecule has 28 heavy (non-hydrogen) atoms. The lowest BCUT2D eigenvalue weighted by Gasteiger charge is -2.60. The summed E-state index contributed by atoms with van der Waals surface area (Å²) in [7, 11) is 0. The molecule has 0 aromatic heterocycles. The number of carbonyl (C=O) groups is 2. The largest absolute Gasteiger partial charge is 0.396 e. The zero-order chi connectivity index (χ0) is 20.1. The maximum atomic E-state index is 13.6. The van der Waals surface area contributed by atoms with Gasteiger partial charge in [-0.1, -0.05) is 19.0 Å². The second-order valence-corrected chi connectivity index (χ2v) is 9.94. The highest BCUT2D eigenvalue weighted by Gasteiger charge is 2.64. The molecule has 0 saturated heterocycles. The minimum absolute atomic E-state index is 0.00578. The van der Waals surface area contributed by atoms with Crippen LogP contribution in [0.15, 0.2) is 5.16 Å². The normalized spacial score (nSPS) is 46.9. The molecule has 0 aromatic rings. The summed E-state index contributed by atoms with van der Waals surface area (Å²) in [5, 5.41) is 14.5. The van der Waals surface area contributed by atoms with Gasteiger partial charge < -0.3 is 15.7 Å². The minimum atomic E-state index is -0.357. The number of fused-ring (bicyclic) bond motifs is 5. The molecule has 1 unspecified atom stereocenters. The van der Waals surface area contributed by atoms with Crippen LogP contribution in [-0.4, -0.2) is 42.1 Å². The molecule has 0 amide bonds. The van der Waals surface area contributed by atoms with E-state index in [2.05, 4.69) is 19.0 Å². The maximum Gasteiger partial charge on any atom is 0.142 e. The molecule has 4 fully saturated rings. The Bertz CT molecular complexity index is 692. The van der Waals surface area contributed by atoms with Crippen molar-refractivity contribution in [1.29, 1.82) is 0 Å². The van der Waals surface area contributed by atoms with Gasteiger partial charge in [-0.25, -0.2) is 0 Å². The van der Waals surface area contributed by atoms with Crippen molar-refractivity contribution >= 4 is 17.3 Å². The number of rotatable bonds is 4. The standard InChI is InChI=1S/C22H34N2O4/c1-21-7-5-13(24-28-10-9-23)11-17(21)14(12-25)20(27)19-15-3-4-18(26)22(15,2)8-6-16(19)21/h14-17,19,25H,3-12,23H2,1-2H3/b24-13-/t14-,15+,16+,17?,19+,21-,22+/m1/s1. The van der Waals surface area contributed by atoms with E-state index in [9.17, 15) is 14.7 Å². The molecule has 156 valence electrons. The van der Waals surface area contributed by atoms with Crippen molar-refractivity contribution in [3.05, 3.63) is 0 Å². The van der Waals surface area contributed by atoms with Gasteiger partial charge in [0.2, 0.25) is 0 Å². The number of nitrogens with zero attached hydrogens (tertiary/aromatic N) is 1. The second kappa shape index (κ2) is 7.21. The molecule has 4 aliphatic rings. The van der Waals surface area contributed by atoms with Crippen LogP contribution in [0.4, 0.5) is 0 Å². The van der Waals surface area contributed by atoms with E-state index < -0.39 is 0 Å². The van der Waals surface area contributed by atoms with E-state index in [0.29, 0.717) is 37.7 Å². The minimum Gasteiger partial charge on any atom is -0.396 e. The number of aliphatic hydroxyl groups is 1. The molecule has 0 radical (unpaired) electrons. The summed E-state index contributed by atoms with van der Waals surface area (Å²) in [6, 6.07) is 0. The zero-order valence-corrected chi connectivity index (χ0v) is 17.2. The van der Waals surface area contributed by atoms with Crippen molar-refractivity contribution in [1.82, 2.24) is 0 Å². The quantitative estimate of drug-likeness (QED) is 0.567. The fourth-order valence-corrected chi connectivity index (χ4v) is 7.24. The summed E-state index contributed by atoms with van der Waals surface area (Å²) in [6.45, 7) is 5.11. The summed E-state index contributed by atoms with van der Waals surface area (Å²) in [6.07, 6.45) is 5.83. The van der Waals surface area contributed by atoms with Crippen LogP contribution in [0.1, 0.15) is 58.8 Å². The SMILES string of the molecule is C[C@]12CC/C(=N/OCCN)CC1[C@@H](CO)C(=O)[C@@H]1[C@@H]2CC[C@]2(C)C(=O)CC[C@@H]12. The fourth-order valence-electron chi connectivity index (χ4n) is 7.24. The predicted molar refractivity (Wildman–Crippen MR) is 106 cm³/mol. The molecule has 0 aromatic carbocycles. The number of nitrogens with two attached hydrogens (primary N) is 1. The summed E-state index contributed by atoms with van der Waals surface area (Å²) >= 11 is 0. The lowest BCUT2D eigenvalue weighted by molar-refractivity contribution is -0.166. The van der Waals surface area contributed by atoms with E-state index in [0.717, 1.165) is 37.8 Å². The molecule has 4 aliphatic carbocycles. The molecular weight excluding hydrogens is 356 g/mol. The molecular formula is C22H34N2O4. The van der Waals surface area contributed by atoms with Gasteiger partial charge in [-0.15, -0.1) is 0 Å².